The van der Waals surface area contributed by atoms with Crippen molar-refractivity contribution in [3.05, 3.63) is 71.4 Å². The van der Waals surface area contributed by atoms with E-state index in [4.69, 9.17) is 4.74 Å². The van der Waals surface area contributed by atoms with Gasteiger partial charge in [0.2, 0.25) is 11.8 Å². The van der Waals surface area contributed by atoms with E-state index in [1.165, 1.54) is 4.90 Å². The van der Waals surface area contributed by atoms with Crippen molar-refractivity contribution < 1.29 is 19.1 Å². The van der Waals surface area contributed by atoms with Crippen LogP contribution in [-0.2, 0) is 25.5 Å². The fraction of sp³-hybridized carbons (Fsp3) is 0.292. The molecule has 0 spiro atoms. The first-order valence-corrected chi connectivity index (χ1v) is 10.1. The highest BCUT2D eigenvalue weighted by Crippen LogP contribution is 2.34. The van der Waals surface area contributed by atoms with Gasteiger partial charge in [0.15, 0.2) is 0 Å². The van der Waals surface area contributed by atoms with Crippen molar-refractivity contribution in [1.82, 2.24) is 0 Å². The number of anilines is 2. The fourth-order valence-electron chi connectivity index (χ4n) is 3.62. The molecule has 0 saturated heterocycles. The Labute approximate surface area is 176 Å². The number of carbonyl (C=O) groups excluding carboxylic acids is 3. The summed E-state index contributed by atoms with van der Waals surface area (Å²) in [7, 11) is 0. The average molecular weight is 406 g/mol. The number of para-hydroxylation sites is 1. The third kappa shape index (κ3) is 4.43. The molecule has 0 bridgehead atoms. The van der Waals surface area contributed by atoms with E-state index in [9.17, 15) is 14.4 Å². The van der Waals surface area contributed by atoms with Gasteiger partial charge in [0.1, 0.15) is 0 Å². The molecule has 3 rings (SSSR count). The number of nitrogens with one attached hydrogen (secondary N) is 1. The van der Waals surface area contributed by atoms with Gasteiger partial charge in [-0.3, -0.25) is 14.5 Å². The summed E-state index contributed by atoms with van der Waals surface area (Å²) in [5.41, 5.74) is 3.05. The molecule has 30 heavy (non-hydrogen) atoms. The Morgan fingerprint density at radius 3 is 2.33 bits per heavy atom. The van der Waals surface area contributed by atoms with Crippen molar-refractivity contribution in [2.45, 2.75) is 33.6 Å². The lowest BCUT2D eigenvalue weighted by Gasteiger charge is -2.33. The normalized spacial score (nSPS) is 16.4. The molecule has 1 aliphatic rings. The van der Waals surface area contributed by atoms with Crippen LogP contribution in [-0.4, -0.2) is 24.4 Å². The lowest BCUT2D eigenvalue weighted by Crippen LogP contribution is -2.43. The Morgan fingerprint density at radius 1 is 1.07 bits per heavy atom. The van der Waals surface area contributed by atoms with Gasteiger partial charge in [0.05, 0.1) is 18.1 Å². The highest BCUT2D eigenvalue weighted by molar-refractivity contribution is 6.10. The van der Waals surface area contributed by atoms with Gasteiger partial charge in [-0.2, -0.15) is 0 Å². The number of esters is 1. The molecular weight excluding hydrogens is 380 g/mol. The Bertz CT molecular complexity index is 964. The summed E-state index contributed by atoms with van der Waals surface area (Å²) < 4.78 is 5.22. The minimum Gasteiger partial charge on any atom is -0.463 e. The molecule has 0 radical (unpaired) electrons. The number of aryl methyl sites for hydroxylation is 1. The molecule has 0 aromatic heterocycles. The molecule has 1 heterocycles. The third-order valence-corrected chi connectivity index (χ3v) is 5.16. The number of hydrogen-bond acceptors (Lipinski definition) is 4. The van der Waals surface area contributed by atoms with E-state index >= 15 is 0 Å². The zero-order chi connectivity index (χ0) is 21.7. The summed E-state index contributed by atoms with van der Waals surface area (Å²) in [6.07, 6.45) is 0.787. The third-order valence-electron chi connectivity index (χ3n) is 5.16. The number of nitrogens with zero attached hydrogens (tertiary/aromatic N) is 1. The molecule has 1 aliphatic heterocycles. The Hall–Kier alpha value is -3.41. The predicted octanol–water partition coefficient (Wildman–Crippen LogP) is 4.08. The molecule has 0 unspecified atom stereocenters. The molecular formula is C24H26N2O4. The van der Waals surface area contributed by atoms with Gasteiger partial charge in [-0.1, -0.05) is 37.3 Å². The van der Waals surface area contributed by atoms with Crippen LogP contribution in [0.3, 0.4) is 0 Å². The number of rotatable bonds is 6. The molecule has 2 aromatic rings. The van der Waals surface area contributed by atoms with Gasteiger partial charge in [0.25, 0.3) is 0 Å². The topological polar surface area (TPSA) is 75.7 Å². The van der Waals surface area contributed by atoms with Crippen molar-refractivity contribution >= 4 is 29.2 Å². The van der Waals surface area contributed by atoms with Gasteiger partial charge in [-0.15, -0.1) is 0 Å². The van der Waals surface area contributed by atoms with Crippen LogP contribution >= 0.6 is 0 Å². The van der Waals surface area contributed by atoms with Crippen molar-refractivity contribution in [1.29, 1.82) is 0 Å². The Morgan fingerprint density at radius 2 is 1.73 bits per heavy atom. The summed E-state index contributed by atoms with van der Waals surface area (Å²) in [5, 5.41) is 2.83. The van der Waals surface area contributed by atoms with Crippen molar-refractivity contribution in [3.63, 3.8) is 0 Å². The lowest BCUT2D eigenvalue weighted by molar-refractivity contribution is -0.141. The second kappa shape index (κ2) is 9.39. The first kappa shape index (κ1) is 21.3. The van der Waals surface area contributed by atoms with Crippen molar-refractivity contribution in [2.75, 3.05) is 16.8 Å². The van der Waals surface area contributed by atoms with Crippen LogP contribution in [0.5, 0.6) is 0 Å². The highest BCUT2D eigenvalue weighted by atomic mass is 16.5. The SMILES string of the molecule is CCOC(=O)C1=C(C)N(c2ccccc2)C(=O)C[C@H]1C(=O)Nc1ccc(CC)cc1. The second-order valence-electron chi connectivity index (χ2n) is 7.08. The molecule has 0 fully saturated rings. The van der Waals surface area contributed by atoms with E-state index < -0.39 is 17.8 Å². The standard InChI is InChI=1S/C24H26N2O4/c1-4-17-11-13-18(14-12-17)25-23(28)20-15-21(27)26(19-9-7-6-8-10-19)16(3)22(20)24(29)30-5-2/h6-14,20H,4-5,15H2,1-3H3,(H,25,28)/t20-/m1/s1. The van der Waals surface area contributed by atoms with Crippen molar-refractivity contribution in [3.8, 4) is 0 Å². The maximum Gasteiger partial charge on any atom is 0.336 e. The first-order valence-electron chi connectivity index (χ1n) is 10.1. The summed E-state index contributed by atoms with van der Waals surface area (Å²) in [5.74, 6) is -2.14. The molecule has 1 N–H and O–H groups in total. The van der Waals surface area contributed by atoms with Gasteiger partial charge in [-0.05, 0) is 50.1 Å². The van der Waals surface area contributed by atoms with E-state index in [1.54, 1.807) is 26.0 Å². The van der Waals surface area contributed by atoms with Crippen LogP contribution in [0.4, 0.5) is 11.4 Å². The Balaban J connectivity index is 1.95. The van der Waals surface area contributed by atoms with Crippen molar-refractivity contribution in [2.24, 2.45) is 5.92 Å². The average Bonchev–Trinajstić information content (AvgIpc) is 2.74. The molecule has 2 amide bonds. The minimum atomic E-state index is -0.914. The molecule has 0 aliphatic carbocycles. The summed E-state index contributed by atoms with van der Waals surface area (Å²) >= 11 is 0. The molecule has 6 nitrogen and oxygen atoms in total. The Kier molecular flexibility index (Phi) is 6.67. The monoisotopic (exact) mass is 406 g/mol. The van der Waals surface area contributed by atoms with E-state index in [-0.39, 0.29) is 24.5 Å². The maximum atomic E-state index is 13.1. The molecule has 1 atom stereocenters. The number of allylic oxidation sites excluding steroid dienone is 1. The summed E-state index contributed by atoms with van der Waals surface area (Å²) in [6.45, 7) is 5.62. The smallest absolute Gasteiger partial charge is 0.336 e. The van der Waals surface area contributed by atoms with E-state index in [1.807, 2.05) is 42.5 Å². The zero-order valence-corrected chi connectivity index (χ0v) is 17.5. The maximum absolute atomic E-state index is 13.1. The van der Waals surface area contributed by atoms with Crippen LogP contribution in [0.25, 0.3) is 0 Å². The minimum absolute atomic E-state index is 0.112. The fourth-order valence-corrected chi connectivity index (χ4v) is 3.62. The van der Waals surface area contributed by atoms with Gasteiger partial charge < -0.3 is 10.1 Å². The van der Waals surface area contributed by atoms with Gasteiger partial charge in [-0.25, -0.2) is 4.79 Å². The number of carbonyl (C=O) groups is 3. The largest absolute Gasteiger partial charge is 0.463 e. The second-order valence-corrected chi connectivity index (χ2v) is 7.08. The van der Waals surface area contributed by atoms with E-state index in [0.29, 0.717) is 17.1 Å². The number of amides is 2. The van der Waals surface area contributed by atoms with E-state index in [0.717, 1.165) is 12.0 Å². The number of ether oxygens (including phenoxy) is 1. The zero-order valence-electron chi connectivity index (χ0n) is 17.5. The van der Waals surface area contributed by atoms with Gasteiger partial charge >= 0.3 is 5.97 Å². The molecule has 156 valence electrons. The van der Waals surface area contributed by atoms with Crippen LogP contribution < -0.4 is 10.2 Å². The van der Waals surface area contributed by atoms with Crippen LogP contribution in [0, 0.1) is 5.92 Å². The summed E-state index contributed by atoms with van der Waals surface area (Å²) in [6, 6.07) is 16.6. The number of hydrogen-bond donors (Lipinski definition) is 1. The van der Waals surface area contributed by atoms with Gasteiger partial charge in [0, 0.05) is 23.5 Å². The van der Waals surface area contributed by atoms with Crippen LogP contribution in [0.2, 0.25) is 0 Å². The molecule has 0 saturated carbocycles. The van der Waals surface area contributed by atoms with Crippen LogP contribution in [0.1, 0.15) is 32.8 Å². The first-order chi connectivity index (χ1) is 14.5. The molecule has 2 aromatic carbocycles. The quantitative estimate of drug-likeness (QED) is 0.734. The van der Waals surface area contributed by atoms with Crippen LogP contribution in [0.15, 0.2) is 65.9 Å². The number of benzene rings is 2. The highest BCUT2D eigenvalue weighted by Gasteiger charge is 2.40. The summed E-state index contributed by atoms with van der Waals surface area (Å²) in [4.78, 5) is 40.2. The van der Waals surface area contributed by atoms with E-state index in [2.05, 4.69) is 12.2 Å². The molecule has 6 heteroatoms. The lowest BCUT2D eigenvalue weighted by atomic mass is 9.88. The predicted molar refractivity (Wildman–Crippen MR) is 116 cm³/mol.